The Hall–Kier alpha value is -0.980. The molecule has 1 atom stereocenters. The van der Waals surface area contributed by atoms with Gasteiger partial charge >= 0.3 is 0 Å². The first-order chi connectivity index (χ1) is 7.06. The van der Waals surface area contributed by atoms with Crippen LogP contribution in [0.1, 0.15) is 18.1 Å². The molecule has 1 unspecified atom stereocenters. The molecule has 0 spiro atoms. The fourth-order valence-corrected chi connectivity index (χ4v) is 1.62. The average Bonchev–Trinajstić information content (AvgIpc) is 2.17. The number of hydrogen-bond acceptors (Lipinski definition) is 4. The monoisotopic (exact) mass is 274 g/mol. The minimum Gasteiger partial charge on any atom is -0.388 e. The predicted octanol–water partition coefficient (Wildman–Crippen LogP) is 1.74. The Morgan fingerprint density at radius 1 is 1.60 bits per heavy atom. The van der Waals surface area contributed by atoms with Crippen molar-refractivity contribution >= 4 is 21.6 Å². The highest BCUT2D eigenvalue weighted by Gasteiger charge is 2.19. The molecule has 0 bridgehead atoms. The van der Waals surface area contributed by atoms with Gasteiger partial charge in [-0.3, -0.25) is 10.1 Å². The van der Waals surface area contributed by atoms with Crippen LogP contribution in [0.15, 0.2) is 22.7 Å². The van der Waals surface area contributed by atoms with Crippen molar-refractivity contribution in [3.8, 4) is 0 Å². The van der Waals surface area contributed by atoms with E-state index in [9.17, 15) is 15.2 Å². The Morgan fingerprint density at radius 2 is 2.27 bits per heavy atom. The van der Waals surface area contributed by atoms with Gasteiger partial charge in [-0.2, -0.15) is 0 Å². The van der Waals surface area contributed by atoms with E-state index >= 15 is 0 Å². The second kappa shape index (κ2) is 5.20. The molecule has 0 aliphatic heterocycles. The van der Waals surface area contributed by atoms with Gasteiger partial charge in [0.15, 0.2) is 0 Å². The number of hydrogen-bond donors (Lipinski definition) is 2. The van der Waals surface area contributed by atoms with Crippen molar-refractivity contribution in [3.05, 3.63) is 38.3 Å². The lowest BCUT2D eigenvalue weighted by atomic mass is 10.0. The van der Waals surface area contributed by atoms with Crippen molar-refractivity contribution in [2.45, 2.75) is 12.5 Å². The summed E-state index contributed by atoms with van der Waals surface area (Å²) in [7, 11) is 0. The third-order valence-electron chi connectivity index (χ3n) is 1.99. The molecule has 0 saturated carbocycles. The second-order valence-electron chi connectivity index (χ2n) is 3.05. The van der Waals surface area contributed by atoms with E-state index in [4.69, 9.17) is 5.73 Å². The molecule has 15 heavy (non-hydrogen) atoms. The zero-order valence-corrected chi connectivity index (χ0v) is 9.48. The number of nitro benzene ring substituents is 1. The summed E-state index contributed by atoms with van der Waals surface area (Å²) in [6.07, 6.45) is -0.578. The van der Waals surface area contributed by atoms with E-state index in [0.717, 1.165) is 0 Å². The highest BCUT2D eigenvalue weighted by Crippen LogP contribution is 2.29. The fraction of sp³-hybridized carbons (Fsp3) is 0.333. The van der Waals surface area contributed by atoms with Gasteiger partial charge in [0, 0.05) is 10.5 Å². The standard InChI is InChI=1S/C9H11BrN2O3/c10-6-1-2-7(9(13)3-4-11)8(5-6)12(14)15/h1-2,5,9,13H,3-4,11H2. The van der Waals surface area contributed by atoms with E-state index in [1.807, 2.05) is 0 Å². The predicted molar refractivity (Wildman–Crippen MR) is 59.4 cm³/mol. The fourth-order valence-electron chi connectivity index (χ4n) is 1.27. The lowest BCUT2D eigenvalue weighted by molar-refractivity contribution is -0.386. The van der Waals surface area contributed by atoms with Crippen molar-refractivity contribution in [3.63, 3.8) is 0 Å². The van der Waals surface area contributed by atoms with Gasteiger partial charge in [-0.25, -0.2) is 0 Å². The average molecular weight is 275 g/mol. The summed E-state index contributed by atoms with van der Waals surface area (Å²) in [5.74, 6) is 0. The molecule has 1 aromatic rings. The van der Waals surface area contributed by atoms with E-state index in [0.29, 0.717) is 16.5 Å². The summed E-state index contributed by atoms with van der Waals surface area (Å²) >= 11 is 3.14. The summed E-state index contributed by atoms with van der Waals surface area (Å²) in [6, 6.07) is 4.56. The first kappa shape index (κ1) is 12.1. The Labute approximate surface area is 95.2 Å². The van der Waals surface area contributed by atoms with Crippen LogP contribution in [-0.4, -0.2) is 16.6 Å². The largest absolute Gasteiger partial charge is 0.388 e. The molecule has 1 aromatic carbocycles. The van der Waals surface area contributed by atoms with E-state index in [2.05, 4.69) is 15.9 Å². The van der Waals surface area contributed by atoms with Crippen molar-refractivity contribution in [1.29, 1.82) is 0 Å². The SMILES string of the molecule is NCCC(O)c1ccc(Br)cc1[N+](=O)[O-]. The molecule has 82 valence electrons. The topological polar surface area (TPSA) is 89.4 Å². The molecule has 0 radical (unpaired) electrons. The Kier molecular flexibility index (Phi) is 4.19. The first-order valence-electron chi connectivity index (χ1n) is 4.38. The maximum absolute atomic E-state index is 10.7. The van der Waals surface area contributed by atoms with Gasteiger partial charge < -0.3 is 10.8 Å². The third-order valence-corrected chi connectivity index (χ3v) is 2.48. The minimum atomic E-state index is -0.886. The number of benzene rings is 1. The highest BCUT2D eigenvalue weighted by atomic mass is 79.9. The zero-order valence-electron chi connectivity index (χ0n) is 7.89. The number of rotatable bonds is 4. The van der Waals surface area contributed by atoms with Crippen LogP contribution in [0.25, 0.3) is 0 Å². The molecule has 1 rings (SSSR count). The highest BCUT2D eigenvalue weighted by molar-refractivity contribution is 9.10. The lowest BCUT2D eigenvalue weighted by Gasteiger charge is -2.09. The van der Waals surface area contributed by atoms with Crippen LogP contribution in [-0.2, 0) is 0 Å². The minimum absolute atomic E-state index is 0.0923. The molecule has 0 aliphatic rings. The molecule has 3 N–H and O–H groups in total. The molecular weight excluding hydrogens is 264 g/mol. The normalized spacial score (nSPS) is 12.5. The molecule has 0 aromatic heterocycles. The smallest absolute Gasteiger partial charge is 0.276 e. The van der Waals surface area contributed by atoms with Crippen LogP contribution < -0.4 is 5.73 Å². The maximum Gasteiger partial charge on any atom is 0.276 e. The van der Waals surface area contributed by atoms with Crippen LogP contribution in [0.2, 0.25) is 0 Å². The van der Waals surface area contributed by atoms with Crippen molar-refractivity contribution < 1.29 is 10.0 Å². The molecule has 0 aliphatic carbocycles. The lowest BCUT2D eigenvalue weighted by Crippen LogP contribution is -2.08. The summed E-state index contributed by atoms with van der Waals surface area (Å²) < 4.78 is 0.609. The first-order valence-corrected chi connectivity index (χ1v) is 5.17. The summed E-state index contributed by atoms with van der Waals surface area (Å²) in [5.41, 5.74) is 5.49. The molecular formula is C9H11BrN2O3. The molecule has 0 amide bonds. The Bertz CT molecular complexity index is 370. The number of nitrogens with two attached hydrogens (primary N) is 1. The van der Waals surface area contributed by atoms with Crippen LogP contribution in [0.5, 0.6) is 0 Å². The number of halogens is 1. The van der Waals surface area contributed by atoms with E-state index in [-0.39, 0.29) is 12.2 Å². The summed E-state index contributed by atoms with van der Waals surface area (Å²) in [5, 5.41) is 20.4. The third kappa shape index (κ3) is 2.98. The number of nitrogens with zero attached hydrogens (tertiary/aromatic N) is 1. The molecule has 5 nitrogen and oxygen atoms in total. The summed E-state index contributed by atoms with van der Waals surface area (Å²) in [4.78, 5) is 10.2. The molecule has 0 heterocycles. The van der Waals surface area contributed by atoms with Crippen LogP contribution >= 0.6 is 15.9 Å². The van der Waals surface area contributed by atoms with E-state index in [1.54, 1.807) is 6.07 Å². The van der Waals surface area contributed by atoms with E-state index in [1.165, 1.54) is 12.1 Å². The number of nitro groups is 1. The van der Waals surface area contributed by atoms with Gasteiger partial charge in [0.05, 0.1) is 16.6 Å². The zero-order chi connectivity index (χ0) is 11.4. The molecule has 6 heteroatoms. The van der Waals surface area contributed by atoms with Gasteiger partial charge in [0.1, 0.15) is 0 Å². The van der Waals surface area contributed by atoms with Gasteiger partial charge in [0.25, 0.3) is 5.69 Å². The van der Waals surface area contributed by atoms with Gasteiger partial charge in [-0.05, 0) is 25.1 Å². The van der Waals surface area contributed by atoms with Crippen LogP contribution in [0, 0.1) is 10.1 Å². The second-order valence-corrected chi connectivity index (χ2v) is 3.97. The van der Waals surface area contributed by atoms with Crippen LogP contribution in [0.3, 0.4) is 0 Å². The number of aliphatic hydroxyl groups excluding tert-OH is 1. The number of aliphatic hydroxyl groups is 1. The van der Waals surface area contributed by atoms with Gasteiger partial charge in [-0.1, -0.05) is 15.9 Å². The maximum atomic E-state index is 10.7. The quantitative estimate of drug-likeness (QED) is 0.647. The van der Waals surface area contributed by atoms with Crippen molar-refractivity contribution in [2.75, 3.05) is 6.54 Å². The van der Waals surface area contributed by atoms with Crippen molar-refractivity contribution in [1.82, 2.24) is 0 Å². The Balaban J connectivity index is 3.10. The van der Waals surface area contributed by atoms with Crippen molar-refractivity contribution in [2.24, 2.45) is 5.73 Å². The molecule has 0 fully saturated rings. The van der Waals surface area contributed by atoms with Crippen LogP contribution in [0.4, 0.5) is 5.69 Å². The van der Waals surface area contributed by atoms with Gasteiger partial charge in [-0.15, -0.1) is 0 Å². The summed E-state index contributed by atoms with van der Waals surface area (Å²) in [6.45, 7) is 0.286. The van der Waals surface area contributed by atoms with Gasteiger partial charge in [0.2, 0.25) is 0 Å². The Morgan fingerprint density at radius 3 is 2.80 bits per heavy atom. The molecule has 0 saturated heterocycles. The van der Waals surface area contributed by atoms with E-state index < -0.39 is 11.0 Å².